The van der Waals surface area contributed by atoms with Crippen molar-refractivity contribution in [3.8, 4) is 17.2 Å². The second-order valence-corrected chi connectivity index (χ2v) is 6.04. The van der Waals surface area contributed by atoms with Crippen LogP contribution in [0.1, 0.15) is 17.3 Å². The number of nitrogens with zero attached hydrogens (tertiary/aromatic N) is 1. The van der Waals surface area contributed by atoms with Crippen LogP contribution in [0.3, 0.4) is 0 Å². The van der Waals surface area contributed by atoms with Crippen molar-refractivity contribution in [1.82, 2.24) is 4.98 Å². The molecule has 7 heteroatoms. The number of carbonyl (C=O) groups is 1. The zero-order chi connectivity index (χ0) is 20.6. The summed E-state index contributed by atoms with van der Waals surface area (Å²) in [5.41, 5.74) is 1.92. The summed E-state index contributed by atoms with van der Waals surface area (Å²) in [6, 6.07) is 16.1. The second-order valence-electron chi connectivity index (χ2n) is 6.04. The number of amides is 1. The van der Waals surface area contributed by atoms with Crippen molar-refractivity contribution in [2.75, 3.05) is 31.5 Å². The Balaban J connectivity index is 1.70. The Morgan fingerprint density at radius 1 is 0.931 bits per heavy atom. The van der Waals surface area contributed by atoms with E-state index < -0.39 is 0 Å². The number of pyridine rings is 1. The molecule has 7 nitrogen and oxygen atoms in total. The molecule has 0 unspecified atom stereocenters. The third-order valence-corrected chi connectivity index (χ3v) is 4.10. The van der Waals surface area contributed by atoms with Crippen molar-refractivity contribution in [3.63, 3.8) is 0 Å². The minimum atomic E-state index is -0.255. The maximum Gasteiger partial charge on any atom is 0.255 e. The Morgan fingerprint density at radius 2 is 1.66 bits per heavy atom. The van der Waals surface area contributed by atoms with Gasteiger partial charge in [0.25, 0.3) is 5.91 Å². The van der Waals surface area contributed by atoms with Crippen LogP contribution in [0.15, 0.2) is 60.8 Å². The molecule has 1 heterocycles. The van der Waals surface area contributed by atoms with E-state index in [1.54, 1.807) is 50.7 Å². The average molecular weight is 393 g/mol. The number of anilines is 3. The highest BCUT2D eigenvalue weighted by Crippen LogP contribution is 2.30. The summed E-state index contributed by atoms with van der Waals surface area (Å²) in [5.74, 6) is 2.24. The maximum absolute atomic E-state index is 12.6. The third kappa shape index (κ3) is 5.16. The Morgan fingerprint density at radius 3 is 2.34 bits per heavy atom. The van der Waals surface area contributed by atoms with Gasteiger partial charge in [0.1, 0.15) is 11.6 Å². The largest absolute Gasteiger partial charge is 0.494 e. The lowest BCUT2D eigenvalue weighted by molar-refractivity contribution is 0.102. The number of carbonyl (C=O) groups excluding carboxylic acids is 1. The number of benzene rings is 2. The first-order valence-corrected chi connectivity index (χ1v) is 9.12. The van der Waals surface area contributed by atoms with Gasteiger partial charge in [0.2, 0.25) is 0 Å². The van der Waals surface area contributed by atoms with Gasteiger partial charge in [0.15, 0.2) is 11.5 Å². The number of ether oxygens (including phenoxy) is 3. The van der Waals surface area contributed by atoms with Crippen molar-refractivity contribution in [2.24, 2.45) is 0 Å². The fraction of sp³-hybridized carbons (Fsp3) is 0.182. The Bertz CT molecular complexity index is 974. The molecule has 0 aliphatic rings. The molecule has 1 aromatic heterocycles. The van der Waals surface area contributed by atoms with Gasteiger partial charge >= 0.3 is 0 Å². The van der Waals surface area contributed by atoms with E-state index in [1.807, 2.05) is 31.2 Å². The van der Waals surface area contributed by atoms with Gasteiger partial charge in [-0.1, -0.05) is 0 Å². The van der Waals surface area contributed by atoms with Gasteiger partial charge in [0, 0.05) is 29.2 Å². The fourth-order valence-electron chi connectivity index (χ4n) is 2.71. The van der Waals surface area contributed by atoms with Crippen LogP contribution in [0, 0.1) is 0 Å². The zero-order valence-electron chi connectivity index (χ0n) is 16.6. The summed E-state index contributed by atoms with van der Waals surface area (Å²) in [6.07, 6.45) is 1.58. The summed E-state index contributed by atoms with van der Waals surface area (Å²) in [6.45, 7) is 2.56. The van der Waals surface area contributed by atoms with Gasteiger partial charge < -0.3 is 24.8 Å². The van der Waals surface area contributed by atoms with Crippen LogP contribution in [0.5, 0.6) is 17.2 Å². The molecule has 3 rings (SSSR count). The van der Waals surface area contributed by atoms with Crippen molar-refractivity contribution in [3.05, 3.63) is 66.4 Å². The SMILES string of the molecule is CCOc1ccc(Nc2cc(C(=O)Nc3ccc(OC)c(OC)c3)ccn2)cc1. The normalized spacial score (nSPS) is 10.2. The predicted octanol–water partition coefficient (Wildman–Crippen LogP) is 4.49. The molecule has 0 saturated carbocycles. The number of hydrogen-bond donors (Lipinski definition) is 2. The zero-order valence-corrected chi connectivity index (χ0v) is 16.6. The average Bonchev–Trinajstić information content (AvgIpc) is 2.75. The van der Waals surface area contributed by atoms with E-state index in [-0.39, 0.29) is 5.91 Å². The molecule has 2 N–H and O–H groups in total. The minimum Gasteiger partial charge on any atom is -0.494 e. The monoisotopic (exact) mass is 393 g/mol. The number of nitrogens with one attached hydrogen (secondary N) is 2. The summed E-state index contributed by atoms with van der Waals surface area (Å²) in [4.78, 5) is 16.9. The molecule has 0 fully saturated rings. The summed E-state index contributed by atoms with van der Waals surface area (Å²) >= 11 is 0. The highest BCUT2D eigenvalue weighted by Gasteiger charge is 2.10. The van der Waals surface area contributed by atoms with E-state index in [9.17, 15) is 4.79 Å². The number of methoxy groups -OCH3 is 2. The Labute approximate surface area is 169 Å². The molecule has 1 amide bonds. The van der Waals surface area contributed by atoms with Crippen molar-refractivity contribution in [1.29, 1.82) is 0 Å². The first kappa shape index (κ1) is 20.0. The lowest BCUT2D eigenvalue weighted by atomic mass is 10.2. The van der Waals surface area contributed by atoms with Crippen molar-refractivity contribution in [2.45, 2.75) is 6.92 Å². The Hall–Kier alpha value is -3.74. The highest BCUT2D eigenvalue weighted by molar-refractivity contribution is 6.04. The molecule has 29 heavy (non-hydrogen) atoms. The van der Waals surface area contributed by atoms with Crippen molar-refractivity contribution >= 4 is 23.1 Å². The van der Waals surface area contributed by atoms with E-state index in [0.29, 0.717) is 35.2 Å². The molecule has 0 atom stereocenters. The van der Waals surface area contributed by atoms with Gasteiger partial charge in [-0.25, -0.2) is 4.98 Å². The summed E-state index contributed by atoms with van der Waals surface area (Å²) < 4.78 is 15.9. The molecule has 2 aromatic carbocycles. The minimum absolute atomic E-state index is 0.255. The molecule has 0 bridgehead atoms. The van der Waals surface area contributed by atoms with E-state index in [0.717, 1.165) is 11.4 Å². The maximum atomic E-state index is 12.6. The molecule has 0 radical (unpaired) electrons. The molecule has 3 aromatic rings. The topological polar surface area (TPSA) is 81.7 Å². The summed E-state index contributed by atoms with van der Waals surface area (Å²) in [5, 5.41) is 6.03. The second kappa shape index (κ2) is 9.45. The highest BCUT2D eigenvalue weighted by atomic mass is 16.5. The molecular weight excluding hydrogens is 370 g/mol. The van der Waals surface area contributed by atoms with Gasteiger partial charge in [0.05, 0.1) is 20.8 Å². The molecule has 150 valence electrons. The molecule has 0 spiro atoms. The third-order valence-electron chi connectivity index (χ3n) is 4.10. The van der Waals surface area contributed by atoms with E-state index in [4.69, 9.17) is 14.2 Å². The lowest BCUT2D eigenvalue weighted by Crippen LogP contribution is -2.12. The van der Waals surface area contributed by atoms with Crippen LogP contribution in [-0.2, 0) is 0 Å². The quantitative estimate of drug-likeness (QED) is 0.587. The predicted molar refractivity (Wildman–Crippen MR) is 113 cm³/mol. The van der Waals surface area contributed by atoms with E-state index in [2.05, 4.69) is 15.6 Å². The standard InChI is InChI=1S/C22H23N3O4/c1-4-29-18-8-5-16(6-9-18)24-21-13-15(11-12-23-21)22(26)25-17-7-10-19(27-2)20(14-17)28-3/h5-14H,4H2,1-3H3,(H,23,24)(H,25,26). The van der Waals surface area contributed by atoms with Crippen LogP contribution in [-0.4, -0.2) is 31.7 Å². The fourth-order valence-corrected chi connectivity index (χ4v) is 2.71. The first-order valence-electron chi connectivity index (χ1n) is 9.12. The van der Waals surface area contributed by atoms with E-state index >= 15 is 0 Å². The number of aromatic nitrogens is 1. The van der Waals surface area contributed by atoms with Gasteiger partial charge in [-0.2, -0.15) is 0 Å². The van der Waals surface area contributed by atoms with Crippen LogP contribution in [0.4, 0.5) is 17.2 Å². The molecule has 0 saturated heterocycles. The molecule has 0 aliphatic heterocycles. The lowest BCUT2D eigenvalue weighted by Gasteiger charge is -2.11. The van der Waals surface area contributed by atoms with Crippen molar-refractivity contribution < 1.29 is 19.0 Å². The summed E-state index contributed by atoms with van der Waals surface area (Å²) in [7, 11) is 3.11. The number of hydrogen-bond acceptors (Lipinski definition) is 6. The first-order chi connectivity index (χ1) is 14.1. The number of rotatable bonds is 8. The Kier molecular flexibility index (Phi) is 6.52. The van der Waals surface area contributed by atoms with Crippen LogP contribution in [0.25, 0.3) is 0 Å². The molecular formula is C22H23N3O4. The molecule has 0 aliphatic carbocycles. The van der Waals surface area contributed by atoms with Gasteiger partial charge in [-0.05, 0) is 55.5 Å². The van der Waals surface area contributed by atoms with Gasteiger partial charge in [-0.15, -0.1) is 0 Å². The van der Waals surface area contributed by atoms with Crippen LogP contribution in [0.2, 0.25) is 0 Å². The smallest absolute Gasteiger partial charge is 0.255 e. The van der Waals surface area contributed by atoms with Gasteiger partial charge in [-0.3, -0.25) is 4.79 Å². The van der Waals surface area contributed by atoms with Crippen LogP contribution >= 0.6 is 0 Å². The van der Waals surface area contributed by atoms with Crippen LogP contribution < -0.4 is 24.8 Å². The van der Waals surface area contributed by atoms with E-state index in [1.165, 1.54) is 0 Å².